The van der Waals surface area contributed by atoms with E-state index in [4.69, 9.17) is 40.5 Å². The lowest BCUT2D eigenvalue weighted by Crippen LogP contribution is -2.13. The van der Waals surface area contributed by atoms with Crippen LogP contribution in [0.15, 0.2) is 36.4 Å². The van der Waals surface area contributed by atoms with Crippen LogP contribution in [-0.2, 0) is 0 Å². The van der Waals surface area contributed by atoms with Crippen LogP contribution in [0.4, 0.5) is 4.39 Å². The topological polar surface area (TPSA) is 26.0 Å². The van der Waals surface area contributed by atoms with Crippen molar-refractivity contribution in [3.63, 3.8) is 0 Å². The molecule has 0 saturated heterocycles. The van der Waals surface area contributed by atoms with Crippen LogP contribution in [0, 0.1) is 5.82 Å². The molecule has 0 amide bonds. The SMILES string of the molecule is NC(c1ccc(F)cc1Cl)c1cccc(Cl)c1Cl. The summed E-state index contributed by atoms with van der Waals surface area (Å²) in [6.07, 6.45) is 0. The molecule has 0 bridgehead atoms. The summed E-state index contributed by atoms with van der Waals surface area (Å²) in [5.41, 5.74) is 7.34. The quantitative estimate of drug-likeness (QED) is 0.844. The molecule has 0 saturated carbocycles. The summed E-state index contributed by atoms with van der Waals surface area (Å²) >= 11 is 18.0. The Morgan fingerprint density at radius 2 is 1.67 bits per heavy atom. The Morgan fingerprint density at radius 1 is 0.944 bits per heavy atom. The first-order valence-corrected chi connectivity index (χ1v) is 6.28. The van der Waals surface area contributed by atoms with Gasteiger partial charge in [-0.25, -0.2) is 4.39 Å². The highest BCUT2D eigenvalue weighted by Gasteiger charge is 2.17. The largest absolute Gasteiger partial charge is 0.320 e. The minimum atomic E-state index is -0.552. The summed E-state index contributed by atoms with van der Waals surface area (Å²) in [5.74, 6) is -0.409. The third-order valence-corrected chi connectivity index (χ3v) is 3.77. The Balaban J connectivity index is 2.48. The van der Waals surface area contributed by atoms with Crippen LogP contribution in [-0.4, -0.2) is 0 Å². The van der Waals surface area contributed by atoms with Crippen molar-refractivity contribution in [2.45, 2.75) is 6.04 Å². The zero-order valence-corrected chi connectivity index (χ0v) is 11.4. The van der Waals surface area contributed by atoms with E-state index in [9.17, 15) is 4.39 Å². The van der Waals surface area contributed by atoms with Gasteiger partial charge in [-0.15, -0.1) is 0 Å². The lowest BCUT2D eigenvalue weighted by molar-refractivity contribution is 0.626. The van der Waals surface area contributed by atoms with Crippen LogP contribution in [0.3, 0.4) is 0 Å². The normalized spacial score (nSPS) is 12.5. The van der Waals surface area contributed by atoms with Crippen LogP contribution in [0.5, 0.6) is 0 Å². The molecule has 0 aliphatic rings. The fourth-order valence-electron chi connectivity index (χ4n) is 1.68. The average molecular weight is 305 g/mol. The second-order valence-electron chi connectivity index (χ2n) is 3.79. The second kappa shape index (κ2) is 5.45. The molecular weight excluding hydrogens is 296 g/mol. The molecule has 0 aliphatic carbocycles. The van der Waals surface area contributed by atoms with Crippen molar-refractivity contribution >= 4 is 34.8 Å². The zero-order chi connectivity index (χ0) is 13.3. The fraction of sp³-hybridized carbons (Fsp3) is 0.0769. The van der Waals surface area contributed by atoms with Crippen molar-refractivity contribution in [2.24, 2.45) is 5.73 Å². The molecule has 1 unspecified atom stereocenters. The first-order chi connectivity index (χ1) is 8.50. The van der Waals surface area contributed by atoms with Crippen LogP contribution >= 0.6 is 34.8 Å². The van der Waals surface area contributed by atoms with E-state index in [0.29, 0.717) is 21.2 Å². The number of nitrogens with two attached hydrogens (primary N) is 1. The van der Waals surface area contributed by atoms with Gasteiger partial charge in [-0.1, -0.05) is 53.0 Å². The molecule has 2 N–H and O–H groups in total. The predicted octanol–water partition coefficient (Wildman–Crippen LogP) is 4.83. The molecule has 5 heteroatoms. The van der Waals surface area contributed by atoms with Crippen LogP contribution in [0.2, 0.25) is 15.1 Å². The summed E-state index contributed by atoms with van der Waals surface area (Å²) in [6.45, 7) is 0. The number of halogens is 4. The van der Waals surface area contributed by atoms with Crippen molar-refractivity contribution in [2.75, 3.05) is 0 Å². The van der Waals surface area contributed by atoms with Gasteiger partial charge in [-0.2, -0.15) is 0 Å². The number of hydrogen-bond acceptors (Lipinski definition) is 1. The van der Waals surface area contributed by atoms with Gasteiger partial charge in [-0.3, -0.25) is 0 Å². The van der Waals surface area contributed by atoms with Crippen molar-refractivity contribution in [1.29, 1.82) is 0 Å². The van der Waals surface area contributed by atoms with E-state index in [1.165, 1.54) is 12.1 Å². The molecule has 0 aliphatic heterocycles. The molecule has 0 fully saturated rings. The third kappa shape index (κ3) is 2.62. The maximum atomic E-state index is 13.0. The second-order valence-corrected chi connectivity index (χ2v) is 4.98. The number of hydrogen-bond donors (Lipinski definition) is 1. The Kier molecular flexibility index (Phi) is 4.13. The molecule has 2 aromatic carbocycles. The third-order valence-electron chi connectivity index (χ3n) is 2.61. The highest BCUT2D eigenvalue weighted by molar-refractivity contribution is 6.42. The summed E-state index contributed by atoms with van der Waals surface area (Å²) in [4.78, 5) is 0. The van der Waals surface area contributed by atoms with Crippen molar-refractivity contribution in [3.05, 3.63) is 68.4 Å². The van der Waals surface area contributed by atoms with Crippen LogP contribution in [0.25, 0.3) is 0 Å². The summed E-state index contributed by atoms with van der Waals surface area (Å²) in [5, 5.41) is 1.06. The molecule has 94 valence electrons. The zero-order valence-electron chi connectivity index (χ0n) is 9.13. The Hall–Kier alpha value is -0.800. The Labute approximate surface area is 119 Å². The van der Waals surface area contributed by atoms with Crippen molar-refractivity contribution in [1.82, 2.24) is 0 Å². The van der Waals surface area contributed by atoms with Gasteiger partial charge < -0.3 is 5.73 Å². The molecule has 0 spiro atoms. The highest BCUT2D eigenvalue weighted by atomic mass is 35.5. The van der Waals surface area contributed by atoms with Gasteiger partial charge in [0, 0.05) is 5.02 Å². The van der Waals surface area contributed by atoms with Crippen molar-refractivity contribution in [3.8, 4) is 0 Å². The minimum Gasteiger partial charge on any atom is -0.320 e. The van der Waals surface area contributed by atoms with Gasteiger partial charge in [0.25, 0.3) is 0 Å². The molecular formula is C13H9Cl3FN. The Morgan fingerprint density at radius 3 is 2.33 bits per heavy atom. The molecule has 0 radical (unpaired) electrons. The lowest BCUT2D eigenvalue weighted by Gasteiger charge is -2.16. The maximum absolute atomic E-state index is 13.0. The van der Waals surface area contributed by atoms with Crippen LogP contribution < -0.4 is 5.73 Å². The standard InChI is InChI=1S/C13H9Cl3FN/c14-10-3-1-2-9(12(10)16)13(18)8-5-4-7(17)6-11(8)15/h1-6,13H,18H2. The van der Waals surface area contributed by atoms with Gasteiger partial charge in [0.15, 0.2) is 0 Å². The average Bonchev–Trinajstić information content (AvgIpc) is 2.32. The van der Waals surface area contributed by atoms with E-state index >= 15 is 0 Å². The minimum absolute atomic E-state index is 0.263. The monoisotopic (exact) mass is 303 g/mol. The molecule has 0 aromatic heterocycles. The highest BCUT2D eigenvalue weighted by Crippen LogP contribution is 2.34. The first-order valence-electron chi connectivity index (χ1n) is 5.15. The summed E-state index contributed by atoms with van der Waals surface area (Å²) < 4.78 is 13.0. The van der Waals surface area contributed by atoms with E-state index in [-0.39, 0.29) is 5.02 Å². The molecule has 2 aromatic rings. The Bertz CT molecular complexity index is 586. The first kappa shape index (κ1) is 13.6. The summed E-state index contributed by atoms with van der Waals surface area (Å²) in [6, 6.07) is 8.70. The smallest absolute Gasteiger partial charge is 0.124 e. The lowest BCUT2D eigenvalue weighted by atomic mass is 9.99. The molecule has 18 heavy (non-hydrogen) atoms. The van der Waals surface area contributed by atoms with E-state index < -0.39 is 11.9 Å². The van der Waals surface area contributed by atoms with E-state index in [1.807, 2.05) is 0 Å². The predicted molar refractivity (Wildman–Crippen MR) is 73.9 cm³/mol. The maximum Gasteiger partial charge on any atom is 0.124 e. The molecule has 1 atom stereocenters. The summed E-state index contributed by atoms with van der Waals surface area (Å²) in [7, 11) is 0. The van der Waals surface area contributed by atoms with Gasteiger partial charge in [0.2, 0.25) is 0 Å². The van der Waals surface area contributed by atoms with Crippen LogP contribution in [0.1, 0.15) is 17.2 Å². The fourth-order valence-corrected chi connectivity index (χ4v) is 2.39. The molecule has 2 rings (SSSR count). The van der Waals surface area contributed by atoms with Gasteiger partial charge >= 0.3 is 0 Å². The van der Waals surface area contributed by atoms with Gasteiger partial charge in [0.1, 0.15) is 5.82 Å². The van der Waals surface area contributed by atoms with E-state index in [0.717, 1.165) is 0 Å². The number of benzene rings is 2. The van der Waals surface area contributed by atoms with Crippen molar-refractivity contribution < 1.29 is 4.39 Å². The van der Waals surface area contributed by atoms with E-state index in [2.05, 4.69) is 0 Å². The van der Waals surface area contributed by atoms with Gasteiger partial charge in [0.05, 0.1) is 16.1 Å². The van der Waals surface area contributed by atoms with Gasteiger partial charge in [-0.05, 0) is 29.3 Å². The van der Waals surface area contributed by atoms with E-state index in [1.54, 1.807) is 24.3 Å². The number of rotatable bonds is 2. The molecule has 1 nitrogen and oxygen atoms in total. The molecule has 0 heterocycles.